The fraction of sp³-hybridized carbons (Fsp3) is 0.333. The number of nitrogens with one attached hydrogen (secondary N) is 1. The van der Waals surface area contributed by atoms with E-state index < -0.39 is 0 Å². The molecule has 0 bridgehead atoms. The average Bonchev–Trinajstić information content (AvgIpc) is 2.96. The molecule has 3 nitrogen and oxygen atoms in total. The number of rotatable bonds is 2. The van der Waals surface area contributed by atoms with Gasteiger partial charge in [-0.25, -0.2) is 0 Å². The van der Waals surface area contributed by atoms with Gasteiger partial charge in [-0.1, -0.05) is 0 Å². The van der Waals surface area contributed by atoms with Crippen molar-refractivity contribution in [3.8, 4) is 0 Å². The molecule has 3 rings (SSSR count). The summed E-state index contributed by atoms with van der Waals surface area (Å²) in [6.07, 6.45) is 6.09. The first-order chi connectivity index (χ1) is 7.66. The van der Waals surface area contributed by atoms with Crippen LogP contribution in [0.2, 0.25) is 0 Å². The molecule has 1 aliphatic rings. The van der Waals surface area contributed by atoms with Crippen molar-refractivity contribution in [1.82, 2.24) is 9.97 Å². The van der Waals surface area contributed by atoms with Crippen molar-refractivity contribution < 1.29 is 0 Å². The van der Waals surface area contributed by atoms with E-state index in [1.807, 2.05) is 24.5 Å². The lowest BCUT2D eigenvalue weighted by molar-refractivity contribution is 0.830. The summed E-state index contributed by atoms with van der Waals surface area (Å²) in [6.45, 7) is 2.23. The maximum atomic E-state index is 4.42. The van der Waals surface area contributed by atoms with Gasteiger partial charge in [0.2, 0.25) is 0 Å². The van der Waals surface area contributed by atoms with Crippen molar-refractivity contribution in [2.45, 2.75) is 25.3 Å². The van der Waals surface area contributed by atoms with Crippen LogP contribution >= 0.6 is 15.9 Å². The zero-order valence-electron chi connectivity index (χ0n) is 9.00. The Kier molecular flexibility index (Phi) is 2.14. The number of aromatic nitrogens is 2. The molecule has 0 atom stereocenters. The van der Waals surface area contributed by atoms with Gasteiger partial charge in [0.05, 0.1) is 11.2 Å². The summed E-state index contributed by atoms with van der Waals surface area (Å²) in [5.74, 6) is 0. The lowest BCUT2D eigenvalue weighted by atomic mass is 10.2. The molecule has 82 valence electrons. The Hall–Kier alpha value is -1.16. The van der Waals surface area contributed by atoms with E-state index in [-0.39, 0.29) is 5.54 Å². The number of anilines is 1. The molecule has 1 fully saturated rings. The van der Waals surface area contributed by atoms with Crippen molar-refractivity contribution in [2.24, 2.45) is 0 Å². The van der Waals surface area contributed by atoms with E-state index in [0.29, 0.717) is 0 Å². The monoisotopic (exact) mass is 277 g/mol. The highest BCUT2D eigenvalue weighted by Gasteiger charge is 2.37. The molecule has 1 aliphatic carbocycles. The second-order valence-corrected chi connectivity index (χ2v) is 5.48. The molecule has 2 aromatic rings. The molecule has 0 spiro atoms. The van der Waals surface area contributed by atoms with Crippen molar-refractivity contribution in [3.05, 3.63) is 29.0 Å². The summed E-state index contributed by atoms with van der Waals surface area (Å²) in [6, 6.07) is 3.98. The highest BCUT2D eigenvalue weighted by molar-refractivity contribution is 9.10. The smallest absolute Gasteiger partial charge is 0.112 e. The summed E-state index contributed by atoms with van der Waals surface area (Å²) in [5, 5.41) is 3.54. The van der Waals surface area contributed by atoms with Crippen LogP contribution in [-0.4, -0.2) is 15.5 Å². The van der Waals surface area contributed by atoms with E-state index in [1.165, 1.54) is 12.8 Å². The number of halogens is 1. The Morgan fingerprint density at radius 1 is 1.38 bits per heavy atom. The Morgan fingerprint density at radius 2 is 2.19 bits per heavy atom. The van der Waals surface area contributed by atoms with Crippen molar-refractivity contribution in [2.75, 3.05) is 5.32 Å². The molecule has 0 aliphatic heterocycles. The Bertz CT molecular complexity index is 549. The van der Waals surface area contributed by atoms with Gasteiger partial charge in [-0.3, -0.25) is 9.97 Å². The van der Waals surface area contributed by atoms with E-state index in [1.54, 1.807) is 0 Å². The van der Waals surface area contributed by atoms with Gasteiger partial charge in [0.25, 0.3) is 0 Å². The molecule has 0 aromatic carbocycles. The molecule has 0 amide bonds. The second kappa shape index (κ2) is 3.42. The van der Waals surface area contributed by atoms with Gasteiger partial charge in [0.15, 0.2) is 0 Å². The van der Waals surface area contributed by atoms with Crippen LogP contribution in [0.25, 0.3) is 11.0 Å². The molecule has 0 saturated heterocycles. The lowest BCUT2D eigenvalue weighted by Gasteiger charge is -2.14. The number of hydrogen-bond acceptors (Lipinski definition) is 3. The van der Waals surface area contributed by atoms with Crippen LogP contribution in [0, 0.1) is 0 Å². The molecular formula is C12H12BrN3. The SMILES string of the molecule is CC1(Nc2ccnc3cc(Br)cnc23)CC1. The van der Waals surface area contributed by atoms with Gasteiger partial charge in [0.1, 0.15) is 5.52 Å². The van der Waals surface area contributed by atoms with Crippen LogP contribution in [-0.2, 0) is 0 Å². The molecule has 4 heteroatoms. The normalized spacial score (nSPS) is 17.4. The van der Waals surface area contributed by atoms with Gasteiger partial charge in [0, 0.05) is 22.4 Å². The summed E-state index contributed by atoms with van der Waals surface area (Å²) >= 11 is 3.41. The summed E-state index contributed by atoms with van der Waals surface area (Å²) < 4.78 is 0.960. The van der Waals surface area contributed by atoms with Crippen LogP contribution < -0.4 is 5.32 Å². The number of nitrogens with zero attached hydrogens (tertiary/aromatic N) is 2. The predicted molar refractivity (Wildman–Crippen MR) is 68.5 cm³/mol. The Morgan fingerprint density at radius 3 is 2.94 bits per heavy atom. The van der Waals surface area contributed by atoms with E-state index in [2.05, 4.69) is 38.1 Å². The maximum Gasteiger partial charge on any atom is 0.112 e. The van der Waals surface area contributed by atoms with E-state index in [4.69, 9.17) is 0 Å². The van der Waals surface area contributed by atoms with Crippen molar-refractivity contribution in [3.63, 3.8) is 0 Å². The Balaban J connectivity index is 2.10. The standard InChI is InChI=1S/C12H12BrN3/c1-12(3-4-12)16-9-2-5-14-10-6-8(13)7-15-11(9)10/h2,5-7H,3-4H2,1H3,(H,14,16). The second-order valence-electron chi connectivity index (χ2n) is 4.57. The largest absolute Gasteiger partial charge is 0.378 e. The highest BCUT2D eigenvalue weighted by Crippen LogP contribution is 2.39. The number of fused-ring (bicyclic) bond motifs is 1. The fourth-order valence-electron chi connectivity index (χ4n) is 1.74. The first-order valence-electron chi connectivity index (χ1n) is 5.35. The number of hydrogen-bond donors (Lipinski definition) is 1. The fourth-order valence-corrected chi connectivity index (χ4v) is 2.06. The van der Waals surface area contributed by atoms with Gasteiger partial charge in [-0.15, -0.1) is 0 Å². The average molecular weight is 278 g/mol. The van der Waals surface area contributed by atoms with Gasteiger partial charge in [-0.2, -0.15) is 0 Å². The van der Waals surface area contributed by atoms with Crippen LogP contribution in [0.5, 0.6) is 0 Å². The third-order valence-corrected chi connectivity index (χ3v) is 3.41. The van der Waals surface area contributed by atoms with Gasteiger partial charge < -0.3 is 5.32 Å². The van der Waals surface area contributed by atoms with Crippen LogP contribution in [0.15, 0.2) is 29.0 Å². The predicted octanol–water partition coefficient (Wildman–Crippen LogP) is 3.36. The summed E-state index contributed by atoms with van der Waals surface area (Å²) in [5.41, 5.74) is 3.21. The molecule has 16 heavy (non-hydrogen) atoms. The molecule has 2 heterocycles. The molecular weight excluding hydrogens is 266 g/mol. The van der Waals surface area contributed by atoms with Crippen LogP contribution in [0.1, 0.15) is 19.8 Å². The topological polar surface area (TPSA) is 37.8 Å². The minimum Gasteiger partial charge on any atom is -0.378 e. The molecule has 2 aromatic heterocycles. The first-order valence-corrected chi connectivity index (χ1v) is 6.14. The summed E-state index contributed by atoms with van der Waals surface area (Å²) in [7, 11) is 0. The zero-order chi connectivity index (χ0) is 11.2. The molecule has 1 N–H and O–H groups in total. The number of pyridine rings is 2. The van der Waals surface area contributed by atoms with E-state index >= 15 is 0 Å². The van der Waals surface area contributed by atoms with Gasteiger partial charge in [-0.05, 0) is 47.8 Å². The maximum absolute atomic E-state index is 4.42. The minimum atomic E-state index is 0.267. The minimum absolute atomic E-state index is 0.267. The molecule has 1 saturated carbocycles. The highest BCUT2D eigenvalue weighted by atomic mass is 79.9. The zero-order valence-corrected chi connectivity index (χ0v) is 10.6. The van der Waals surface area contributed by atoms with E-state index in [0.717, 1.165) is 21.2 Å². The Labute approximate surface area is 102 Å². The molecule has 0 unspecified atom stereocenters. The first kappa shape index (κ1) is 10.0. The van der Waals surface area contributed by atoms with Gasteiger partial charge >= 0.3 is 0 Å². The van der Waals surface area contributed by atoms with Crippen molar-refractivity contribution >= 4 is 32.7 Å². The third kappa shape index (κ3) is 1.78. The lowest BCUT2D eigenvalue weighted by Crippen LogP contribution is -2.16. The molecule has 0 radical (unpaired) electrons. The third-order valence-electron chi connectivity index (χ3n) is 2.98. The van der Waals surface area contributed by atoms with Crippen molar-refractivity contribution in [1.29, 1.82) is 0 Å². The van der Waals surface area contributed by atoms with E-state index in [9.17, 15) is 0 Å². The van der Waals surface area contributed by atoms with Crippen LogP contribution in [0.4, 0.5) is 5.69 Å². The van der Waals surface area contributed by atoms with Crippen LogP contribution in [0.3, 0.4) is 0 Å². The quantitative estimate of drug-likeness (QED) is 0.915. The summed E-state index contributed by atoms with van der Waals surface area (Å²) in [4.78, 5) is 8.74.